The Hall–Kier alpha value is -0.240. The summed E-state index contributed by atoms with van der Waals surface area (Å²) in [7, 11) is 0. The molecule has 6 N–H and O–H groups in total. The van der Waals surface area contributed by atoms with Crippen molar-refractivity contribution in [1.29, 1.82) is 0 Å². The van der Waals surface area contributed by atoms with Crippen molar-refractivity contribution in [3.8, 4) is 0 Å². The second-order valence-electron chi connectivity index (χ2n) is 4.08. The largest absolute Gasteiger partial charge is 0.396 e. The lowest BCUT2D eigenvalue weighted by Gasteiger charge is -1.95. The highest BCUT2D eigenvalue weighted by Crippen LogP contribution is 1.84. The van der Waals surface area contributed by atoms with Crippen molar-refractivity contribution in [3.05, 3.63) is 0 Å². The van der Waals surface area contributed by atoms with Crippen LogP contribution in [0.4, 0.5) is 0 Å². The summed E-state index contributed by atoms with van der Waals surface area (Å²) in [4.78, 5) is 0. The van der Waals surface area contributed by atoms with Gasteiger partial charge in [0.1, 0.15) is 0 Å². The average molecular weight is 270 g/mol. The summed E-state index contributed by atoms with van der Waals surface area (Å²) in [6.07, 6.45) is 0.403. The number of rotatable bonds is 6. The molecule has 0 heterocycles. The summed E-state index contributed by atoms with van der Waals surface area (Å²) in [5.41, 5.74) is 0. The molecule has 0 saturated heterocycles. The van der Waals surface area contributed by atoms with Crippen LogP contribution in [-0.4, -0.2) is 68.8 Å². The minimum absolute atomic E-state index is 0.0810. The van der Waals surface area contributed by atoms with Gasteiger partial charge in [-0.15, -0.1) is 0 Å². The topological polar surface area (TPSA) is 121 Å². The Labute approximate surface area is 110 Å². The summed E-state index contributed by atoms with van der Waals surface area (Å²) in [6, 6.07) is 0. The Kier molecular flexibility index (Phi) is 24.3. The Balaban J connectivity index is -0.000000187. The van der Waals surface area contributed by atoms with Gasteiger partial charge in [-0.05, 0) is 40.0 Å². The average Bonchev–Trinajstić information content (AvgIpc) is 2.18. The van der Waals surface area contributed by atoms with Gasteiger partial charge in [0.2, 0.25) is 0 Å². The monoisotopic (exact) mass is 270 g/mol. The minimum atomic E-state index is -0.352. The third kappa shape index (κ3) is 44.7. The molecule has 0 amide bonds. The minimum Gasteiger partial charge on any atom is -0.396 e. The van der Waals surface area contributed by atoms with Crippen molar-refractivity contribution in [2.24, 2.45) is 0 Å². The van der Waals surface area contributed by atoms with Crippen LogP contribution in [0.1, 0.15) is 40.0 Å². The van der Waals surface area contributed by atoms with Crippen LogP contribution in [0.15, 0.2) is 0 Å². The van der Waals surface area contributed by atoms with Crippen molar-refractivity contribution in [2.75, 3.05) is 19.8 Å². The molecule has 0 bridgehead atoms. The predicted molar refractivity (Wildman–Crippen MR) is 70.2 cm³/mol. The zero-order valence-electron chi connectivity index (χ0n) is 11.7. The molecule has 114 valence electrons. The first kappa shape index (κ1) is 22.9. The zero-order chi connectivity index (χ0) is 15.0. The van der Waals surface area contributed by atoms with Gasteiger partial charge >= 0.3 is 0 Å². The maximum atomic E-state index is 8.39. The van der Waals surface area contributed by atoms with E-state index in [2.05, 4.69) is 0 Å². The van der Waals surface area contributed by atoms with Crippen LogP contribution in [0, 0.1) is 0 Å². The highest BCUT2D eigenvalue weighted by molar-refractivity contribution is 4.41. The normalized spacial score (nSPS) is 14.5. The van der Waals surface area contributed by atoms with Crippen molar-refractivity contribution < 1.29 is 30.6 Å². The number of aliphatic hydroxyl groups is 6. The molecule has 6 nitrogen and oxygen atoms in total. The fraction of sp³-hybridized carbons (Fsp3) is 1.00. The van der Waals surface area contributed by atoms with E-state index in [0.29, 0.717) is 19.3 Å². The summed E-state index contributed by atoms with van der Waals surface area (Å²) >= 11 is 0. The molecule has 0 aliphatic carbocycles. The van der Waals surface area contributed by atoms with Crippen LogP contribution in [0.25, 0.3) is 0 Å². The van der Waals surface area contributed by atoms with E-state index < -0.39 is 0 Å². The van der Waals surface area contributed by atoms with Crippen molar-refractivity contribution >= 4 is 0 Å². The standard InChI is InChI=1S/3C4H10O2/c3*1-4(6)2-3-5/h3*4-6H,2-3H2,1H3. The van der Waals surface area contributed by atoms with E-state index >= 15 is 0 Å². The fourth-order valence-corrected chi connectivity index (χ4v) is 0.561. The molecular weight excluding hydrogens is 240 g/mol. The second-order valence-corrected chi connectivity index (χ2v) is 4.08. The van der Waals surface area contributed by atoms with Gasteiger partial charge in [-0.2, -0.15) is 0 Å². The van der Waals surface area contributed by atoms with E-state index in [0.717, 1.165) is 0 Å². The molecule has 3 unspecified atom stereocenters. The van der Waals surface area contributed by atoms with Crippen LogP contribution in [0.5, 0.6) is 0 Å². The number of hydrogen-bond donors (Lipinski definition) is 6. The lowest BCUT2D eigenvalue weighted by Crippen LogP contribution is -2.00. The van der Waals surface area contributed by atoms with E-state index in [1.54, 1.807) is 20.8 Å². The van der Waals surface area contributed by atoms with E-state index in [-0.39, 0.29) is 38.1 Å². The Morgan fingerprint density at radius 1 is 0.556 bits per heavy atom. The zero-order valence-corrected chi connectivity index (χ0v) is 11.7. The molecule has 6 heteroatoms. The Bertz CT molecular complexity index is 104. The molecule has 0 aliphatic heterocycles. The lowest BCUT2D eigenvalue weighted by molar-refractivity contribution is 0.148. The molecule has 0 fully saturated rings. The first-order valence-electron chi connectivity index (χ1n) is 6.18. The molecule has 0 spiro atoms. The van der Waals surface area contributed by atoms with Crippen LogP contribution >= 0.6 is 0 Å². The molecule has 0 radical (unpaired) electrons. The van der Waals surface area contributed by atoms with Crippen LogP contribution in [0.3, 0.4) is 0 Å². The smallest absolute Gasteiger partial charge is 0.0533 e. The first-order valence-corrected chi connectivity index (χ1v) is 6.18. The molecule has 0 saturated carbocycles. The van der Waals surface area contributed by atoms with E-state index in [1.165, 1.54) is 0 Å². The summed E-state index contributed by atoms with van der Waals surface area (Å²) < 4.78 is 0. The van der Waals surface area contributed by atoms with Gasteiger partial charge < -0.3 is 30.6 Å². The van der Waals surface area contributed by atoms with Crippen molar-refractivity contribution in [2.45, 2.75) is 58.3 Å². The summed E-state index contributed by atoms with van der Waals surface area (Å²) in [5.74, 6) is 0. The van der Waals surface area contributed by atoms with Gasteiger partial charge in [0, 0.05) is 19.8 Å². The highest BCUT2D eigenvalue weighted by Gasteiger charge is 1.89. The van der Waals surface area contributed by atoms with Crippen molar-refractivity contribution in [3.63, 3.8) is 0 Å². The van der Waals surface area contributed by atoms with Gasteiger partial charge in [-0.1, -0.05) is 0 Å². The van der Waals surface area contributed by atoms with Gasteiger partial charge in [0.05, 0.1) is 18.3 Å². The number of hydrogen-bond acceptors (Lipinski definition) is 6. The van der Waals surface area contributed by atoms with Gasteiger partial charge in [0.25, 0.3) is 0 Å². The fourth-order valence-electron chi connectivity index (χ4n) is 0.561. The molecule has 0 rings (SSSR count). The van der Waals surface area contributed by atoms with Crippen LogP contribution < -0.4 is 0 Å². The molecule has 3 atom stereocenters. The lowest BCUT2D eigenvalue weighted by atomic mass is 10.3. The van der Waals surface area contributed by atoms with E-state index in [1.807, 2.05) is 0 Å². The van der Waals surface area contributed by atoms with Crippen molar-refractivity contribution in [1.82, 2.24) is 0 Å². The summed E-state index contributed by atoms with van der Waals surface area (Å²) in [5, 5.41) is 49.4. The SMILES string of the molecule is CC(O)CCO.CC(O)CCO.CC(O)CCO. The molecule has 0 aliphatic rings. The molecule has 0 aromatic carbocycles. The summed E-state index contributed by atoms with van der Waals surface area (Å²) in [6.45, 7) is 5.19. The first-order chi connectivity index (χ1) is 8.31. The third-order valence-corrected chi connectivity index (χ3v) is 1.64. The van der Waals surface area contributed by atoms with Crippen LogP contribution in [0.2, 0.25) is 0 Å². The van der Waals surface area contributed by atoms with E-state index in [9.17, 15) is 0 Å². The Morgan fingerprint density at radius 2 is 0.722 bits per heavy atom. The molecular formula is C12H30O6. The Morgan fingerprint density at radius 3 is 0.722 bits per heavy atom. The third-order valence-electron chi connectivity index (χ3n) is 1.64. The molecule has 0 aromatic rings. The van der Waals surface area contributed by atoms with Gasteiger partial charge in [-0.25, -0.2) is 0 Å². The quantitative estimate of drug-likeness (QED) is 0.378. The second kappa shape index (κ2) is 19.1. The molecule has 18 heavy (non-hydrogen) atoms. The van der Waals surface area contributed by atoms with E-state index in [4.69, 9.17) is 30.6 Å². The molecule has 0 aromatic heterocycles. The maximum absolute atomic E-state index is 8.39. The highest BCUT2D eigenvalue weighted by atomic mass is 16.3. The predicted octanol–water partition coefficient (Wildman–Crippen LogP) is -0.751. The van der Waals surface area contributed by atoms with Gasteiger partial charge in [-0.3, -0.25) is 0 Å². The maximum Gasteiger partial charge on any atom is 0.0533 e. The van der Waals surface area contributed by atoms with Gasteiger partial charge in [0.15, 0.2) is 0 Å². The number of aliphatic hydroxyl groups excluding tert-OH is 6. The van der Waals surface area contributed by atoms with Crippen LogP contribution in [-0.2, 0) is 0 Å².